The van der Waals surface area contributed by atoms with Crippen molar-refractivity contribution in [2.24, 2.45) is 0 Å². The second-order valence-electron chi connectivity index (χ2n) is 6.83. The van der Waals surface area contributed by atoms with Gasteiger partial charge in [0.15, 0.2) is 0 Å². The topological polar surface area (TPSA) is 46.5 Å². The molecule has 128 valence electrons. The van der Waals surface area contributed by atoms with Gasteiger partial charge in [0, 0.05) is 18.9 Å². The van der Waals surface area contributed by atoms with E-state index in [1.54, 1.807) is 6.07 Å². The lowest BCUT2D eigenvalue weighted by atomic mass is 9.83. The number of unbranched alkanes of at least 4 members (excludes halogenated alkanes) is 3. The number of ether oxygens (including phenoxy) is 1. The summed E-state index contributed by atoms with van der Waals surface area (Å²) in [6.07, 6.45) is 9.32. The van der Waals surface area contributed by atoms with E-state index in [2.05, 4.69) is 13.8 Å². The molecule has 1 N–H and O–H groups in total. The average molecular weight is 318 g/mol. The van der Waals surface area contributed by atoms with E-state index in [1.165, 1.54) is 25.7 Å². The monoisotopic (exact) mass is 318 g/mol. The first-order valence-electron chi connectivity index (χ1n) is 9.11. The molecule has 0 bridgehead atoms. The third-order valence-corrected chi connectivity index (χ3v) is 4.73. The van der Waals surface area contributed by atoms with Crippen molar-refractivity contribution in [3.8, 4) is 11.5 Å². The first-order chi connectivity index (χ1) is 11.1. The summed E-state index contributed by atoms with van der Waals surface area (Å²) < 4.78 is 5.91. The van der Waals surface area contributed by atoms with Crippen LogP contribution in [0.3, 0.4) is 0 Å². The highest BCUT2D eigenvalue weighted by Crippen LogP contribution is 2.37. The van der Waals surface area contributed by atoms with Crippen LogP contribution in [0.2, 0.25) is 0 Å². The number of ketones is 1. The molecule has 0 amide bonds. The molecule has 1 saturated carbocycles. The van der Waals surface area contributed by atoms with Crippen LogP contribution in [-0.2, 0) is 4.79 Å². The second kappa shape index (κ2) is 8.95. The van der Waals surface area contributed by atoms with Crippen LogP contribution in [0.5, 0.6) is 11.5 Å². The Labute approximate surface area is 140 Å². The minimum Gasteiger partial charge on any atom is -0.508 e. The molecule has 2 rings (SSSR count). The predicted octanol–water partition coefficient (Wildman–Crippen LogP) is 5.36. The Bertz CT molecular complexity index is 510. The van der Waals surface area contributed by atoms with Gasteiger partial charge in [-0.25, -0.2) is 0 Å². The number of hydrogen-bond acceptors (Lipinski definition) is 3. The maximum absolute atomic E-state index is 11.6. The van der Waals surface area contributed by atoms with Gasteiger partial charge >= 0.3 is 0 Å². The summed E-state index contributed by atoms with van der Waals surface area (Å²) in [7, 11) is 0. The minimum atomic E-state index is 0.161. The van der Waals surface area contributed by atoms with Crippen molar-refractivity contribution < 1.29 is 14.6 Å². The minimum absolute atomic E-state index is 0.161. The zero-order valence-electron chi connectivity index (χ0n) is 14.5. The van der Waals surface area contributed by atoms with Gasteiger partial charge in [-0.15, -0.1) is 0 Å². The Morgan fingerprint density at radius 3 is 2.83 bits per heavy atom. The SMILES string of the molecule is CCCCCCC(C)Oc1ccc(C2CCCC(=O)C2)c(O)c1. The number of Topliss-reactive ketones (excluding diaryl/α,β-unsaturated/α-hetero) is 1. The first-order valence-corrected chi connectivity index (χ1v) is 9.11. The molecule has 3 heteroatoms. The van der Waals surface area contributed by atoms with Gasteiger partial charge in [-0.1, -0.05) is 32.3 Å². The fraction of sp³-hybridized carbons (Fsp3) is 0.650. The Kier molecular flexibility index (Phi) is 6.94. The fourth-order valence-electron chi connectivity index (χ4n) is 3.38. The van der Waals surface area contributed by atoms with Crippen molar-refractivity contribution in [1.82, 2.24) is 0 Å². The number of carbonyl (C=O) groups is 1. The number of aromatic hydroxyl groups is 1. The van der Waals surface area contributed by atoms with E-state index in [0.717, 1.165) is 30.6 Å². The van der Waals surface area contributed by atoms with Gasteiger partial charge in [0.2, 0.25) is 0 Å². The van der Waals surface area contributed by atoms with Gasteiger partial charge in [-0.3, -0.25) is 4.79 Å². The summed E-state index contributed by atoms with van der Waals surface area (Å²) in [5.74, 6) is 1.45. The molecule has 1 aromatic carbocycles. The smallest absolute Gasteiger partial charge is 0.133 e. The van der Waals surface area contributed by atoms with Crippen molar-refractivity contribution in [1.29, 1.82) is 0 Å². The number of rotatable bonds is 8. The van der Waals surface area contributed by atoms with E-state index >= 15 is 0 Å². The van der Waals surface area contributed by atoms with Crippen molar-refractivity contribution in [3.63, 3.8) is 0 Å². The van der Waals surface area contributed by atoms with E-state index in [1.807, 2.05) is 12.1 Å². The van der Waals surface area contributed by atoms with Crippen LogP contribution in [0.1, 0.15) is 83.1 Å². The fourth-order valence-corrected chi connectivity index (χ4v) is 3.38. The molecule has 1 fully saturated rings. The molecular formula is C20H30O3. The number of phenols is 1. The molecule has 2 unspecified atom stereocenters. The van der Waals surface area contributed by atoms with Crippen molar-refractivity contribution >= 4 is 5.78 Å². The molecule has 1 aliphatic carbocycles. The van der Waals surface area contributed by atoms with Crippen molar-refractivity contribution in [2.45, 2.75) is 83.7 Å². The zero-order chi connectivity index (χ0) is 16.7. The Balaban J connectivity index is 1.89. The molecule has 1 aliphatic rings. The molecular weight excluding hydrogens is 288 g/mol. The highest BCUT2D eigenvalue weighted by Gasteiger charge is 2.23. The normalized spacial score (nSPS) is 19.6. The summed E-state index contributed by atoms with van der Waals surface area (Å²) in [5, 5.41) is 10.3. The third-order valence-electron chi connectivity index (χ3n) is 4.73. The van der Waals surface area contributed by atoms with E-state index in [-0.39, 0.29) is 17.8 Å². The molecule has 0 heterocycles. The van der Waals surface area contributed by atoms with Gasteiger partial charge in [0.05, 0.1) is 6.10 Å². The van der Waals surface area contributed by atoms with Gasteiger partial charge < -0.3 is 9.84 Å². The van der Waals surface area contributed by atoms with Gasteiger partial charge in [0.25, 0.3) is 0 Å². The average Bonchev–Trinajstić information content (AvgIpc) is 2.52. The van der Waals surface area contributed by atoms with E-state index < -0.39 is 0 Å². The van der Waals surface area contributed by atoms with Crippen LogP contribution < -0.4 is 4.74 Å². The summed E-state index contributed by atoms with van der Waals surface area (Å²) in [5.41, 5.74) is 0.890. The largest absolute Gasteiger partial charge is 0.508 e. The standard InChI is InChI=1S/C20H30O3/c1-3-4-5-6-8-15(2)23-18-11-12-19(20(22)14-18)16-9-7-10-17(21)13-16/h11-12,14-16,22H,3-10,13H2,1-2H3. The van der Waals surface area contributed by atoms with Gasteiger partial charge in [-0.05, 0) is 50.2 Å². The first kappa shape index (κ1) is 17.8. The maximum Gasteiger partial charge on any atom is 0.133 e. The molecule has 0 aromatic heterocycles. The predicted molar refractivity (Wildman–Crippen MR) is 93.2 cm³/mol. The lowest BCUT2D eigenvalue weighted by Gasteiger charge is -2.22. The Hall–Kier alpha value is -1.51. The summed E-state index contributed by atoms with van der Waals surface area (Å²) in [4.78, 5) is 11.6. The lowest BCUT2D eigenvalue weighted by molar-refractivity contribution is -0.120. The Morgan fingerprint density at radius 1 is 1.30 bits per heavy atom. The summed E-state index contributed by atoms with van der Waals surface area (Å²) in [6, 6.07) is 5.56. The maximum atomic E-state index is 11.6. The second-order valence-corrected chi connectivity index (χ2v) is 6.83. The van der Waals surface area contributed by atoms with Gasteiger partial charge in [-0.2, -0.15) is 0 Å². The molecule has 0 aliphatic heterocycles. The molecule has 23 heavy (non-hydrogen) atoms. The van der Waals surface area contributed by atoms with Crippen molar-refractivity contribution in [3.05, 3.63) is 23.8 Å². The molecule has 0 radical (unpaired) electrons. The van der Waals surface area contributed by atoms with E-state index in [9.17, 15) is 9.90 Å². The third kappa shape index (κ3) is 5.56. The van der Waals surface area contributed by atoms with E-state index in [4.69, 9.17) is 4.74 Å². The highest BCUT2D eigenvalue weighted by molar-refractivity contribution is 5.80. The molecule has 2 atom stereocenters. The van der Waals surface area contributed by atoms with Crippen LogP contribution in [-0.4, -0.2) is 17.0 Å². The van der Waals surface area contributed by atoms with E-state index in [0.29, 0.717) is 18.6 Å². The number of carbonyl (C=O) groups excluding carboxylic acids is 1. The molecule has 0 spiro atoms. The summed E-state index contributed by atoms with van der Waals surface area (Å²) >= 11 is 0. The number of phenolic OH excluding ortho intramolecular Hbond substituents is 1. The summed E-state index contributed by atoms with van der Waals surface area (Å²) in [6.45, 7) is 4.29. The number of hydrogen-bond donors (Lipinski definition) is 1. The zero-order valence-corrected chi connectivity index (χ0v) is 14.5. The number of benzene rings is 1. The van der Waals surface area contributed by atoms with Crippen LogP contribution in [0, 0.1) is 0 Å². The molecule has 1 aromatic rings. The highest BCUT2D eigenvalue weighted by atomic mass is 16.5. The Morgan fingerprint density at radius 2 is 2.13 bits per heavy atom. The molecule has 0 saturated heterocycles. The van der Waals surface area contributed by atoms with Gasteiger partial charge in [0.1, 0.15) is 17.3 Å². The van der Waals surface area contributed by atoms with Crippen LogP contribution in [0.15, 0.2) is 18.2 Å². The lowest BCUT2D eigenvalue weighted by Crippen LogP contribution is -2.14. The quantitative estimate of drug-likeness (QED) is 0.657. The molecule has 3 nitrogen and oxygen atoms in total. The van der Waals surface area contributed by atoms with Crippen LogP contribution in [0.25, 0.3) is 0 Å². The van der Waals surface area contributed by atoms with Crippen molar-refractivity contribution in [2.75, 3.05) is 0 Å². The van der Waals surface area contributed by atoms with Crippen LogP contribution >= 0.6 is 0 Å². The van der Waals surface area contributed by atoms with Crippen LogP contribution in [0.4, 0.5) is 0 Å².